The molecule has 1 N–H and O–H groups in total. The van der Waals surface area contributed by atoms with E-state index in [2.05, 4.69) is 65.8 Å². The van der Waals surface area contributed by atoms with Gasteiger partial charge in [-0.25, -0.2) is 5.43 Å². The Balaban J connectivity index is 1.57. The van der Waals surface area contributed by atoms with Crippen molar-refractivity contribution in [2.24, 2.45) is 5.10 Å². The summed E-state index contributed by atoms with van der Waals surface area (Å²) in [5, 5.41) is 13.4. The molecule has 7 nitrogen and oxygen atoms in total. The second kappa shape index (κ2) is 10.1. The zero-order valence-electron chi connectivity index (χ0n) is 19.6. The maximum Gasteiger partial charge on any atom is 0.250 e. The zero-order valence-corrected chi connectivity index (χ0v) is 20.5. The minimum absolute atomic E-state index is 0.0664. The minimum atomic E-state index is -0.248. The number of hydrazone groups is 1. The van der Waals surface area contributed by atoms with Gasteiger partial charge < -0.3 is 4.42 Å². The lowest BCUT2D eigenvalue weighted by atomic mass is 9.87. The fourth-order valence-electron chi connectivity index (χ4n) is 3.29. The maximum absolute atomic E-state index is 12.3. The van der Waals surface area contributed by atoms with Crippen LogP contribution in [0.1, 0.15) is 37.7 Å². The SMILES string of the molecule is Cc1ccc(-n2c(SCC(=O)N/N=C/c3ccco3)nnc2-c2ccc(C(C)(C)C)cc2)cc1. The molecule has 0 fully saturated rings. The van der Waals surface area contributed by atoms with Crippen molar-refractivity contribution in [3.05, 3.63) is 83.8 Å². The molecular weight excluding hydrogens is 446 g/mol. The van der Waals surface area contributed by atoms with Gasteiger partial charge in [-0.15, -0.1) is 10.2 Å². The van der Waals surface area contributed by atoms with E-state index in [1.807, 2.05) is 35.8 Å². The smallest absolute Gasteiger partial charge is 0.250 e. The number of aromatic nitrogens is 3. The van der Waals surface area contributed by atoms with Crippen molar-refractivity contribution < 1.29 is 9.21 Å². The van der Waals surface area contributed by atoms with Gasteiger partial charge in [0.1, 0.15) is 5.76 Å². The molecule has 2 aromatic heterocycles. The highest BCUT2D eigenvalue weighted by atomic mass is 32.2. The molecule has 0 atom stereocenters. The summed E-state index contributed by atoms with van der Waals surface area (Å²) in [5.41, 5.74) is 6.88. The highest BCUT2D eigenvalue weighted by Crippen LogP contribution is 2.30. The standard InChI is InChI=1S/C26H27N5O2S/c1-18-7-13-21(14-8-18)31-24(19-9-11-20(12-10-19)26(2,3)4)29-30-25(31)34-17-23(32)28-27-16-22-6-5-15-33-22/h5-16H,17H2,1-4H3,(H,28,32)/b27-16+. The summed E-state index contributed by atoms with van der Waals surface area (Å²) in [6, 6.07) is 20.1. The molecular formula is C26H27N5O2S. The molecule has 1 amide bonds. The Morgan fingerprint density at radius 3 is 2.47 bits per heavy atom. The molecule has 0 aliphatic rings. The van der Waals surface area contributed by atoms with Crippen LogP contribution in [0.3, 0.4) is 0 Å². The summed E-state index contributed by atoms with van der Waals surface area (Å²) >= 11 is 1.30. The maximum atomic E-state index is 12.3. The van der Waals surface area contributed by atoms with E-state index in [-0.39, 0.29) is 17.1 Å². The van der Waals surface area contributed by atoms with Gasteiger partial charge >= 0.3 is 0 Å². The highest BCUT2D eigenvalue weighted by molar-refractivity contribution is 7.99. The quantitative estimate of drug-likeness (QED) is 0.221. The Labute approximate surface area is 203 Å². The van der Waals surface area contributed by atoms with E-state index in [9.17, 15) is 4.79 Å². The van der Waals surface area contributed by atoms with Gasteiger partial charge in [0.2, 0.25) is 0 Å². The van der Waals surface area contributed by atoms with Crippen LogP contribution in [0, 0.1) is 6.92 Å². The second-order valence-corrected chi connectivity index (χ2v) is 9.84. The van der Waals surface area contributed by atoms with Crippen molar-refractivity contribution in [3.63, 3.8) is 0 Å². The van der Waals surface area contributed by atoms with Gasteiger partial charge in [0.15, 0.2) is 11.0 Å². The Morgan fingerprint density at radius 2 is 1.82 bits per heavy atom. The Kier molecular flexibility index (Phi) is 6.98. The molecule has 4 aromatic rings. The van der Waals surface area contributed by atoms with Crippen molar-refractivity contribution in [1.29, 1.82) is 0 Å². The van der Waals surface area contributed by atoms with Gasteiger partial charge in [0.05, 0.1) is 18.2 Å². The van der Waals surface area contributed by atoms with Gasteiger partial charge in [0.25, 0.3) is 5.91 Å². The zero-order chi connectivity index (χ0) is 24.1. The molecule has 0 aliphatic carbocycles. The average Bonchev–Trinajstić information content (AvgIpc) is 3.48. The van der Waals surface area contributed by atoms with Crippen LogP contribution in [0.5, 0.6) is 0 Å². The number of carbonyl (C=O) groups excluding carboxylic acids is 1. The van der Waals surface area contributed by atoms with Gasteiger partial charge in [-0.1, -0.05) is 74.5 Å². The lowest BCUT2D eigenvalue weighted by Crippen LogP contribution is -2.19. The fourth-order valence-corrected chi connectivity index (χ4v) is 4.04. The number of amides is 1. The molecule has 2 heterocycles. The first-order valence-corrected chi connectivity index (χ1v) is 11.9. The van der Waals surface area contributed by atoms with Crippen molar-refractivity contribution in [3.8, 4) is 17.1 Å². The first kappa shape index (κ1) is 23.5. The van der Waals surface area contributed by atoms with Crippen LogP contribution in [0.2, 0.25) is 0 Å². The van der Waals surface area contributed by atoms with Crippen LogP contribution in [0.4, 0.5) is 0 Å². The predicted octanol–water partition coefficient (Wildman–Crippen LogP) is 5.38. The number of rotatable bonds is 7. The van der Waals surface area contributed by atoms with E-state index in [4.69, 9.17) is 4.42 Å². The first-order chi connectivity index (χ1) is 16.3. The third-order valence-corrected chi connectivity index (χ3v) is 6.12. The largest absolute Gasteiger partial charge is 0.463 e. The van der Waals surface area contributed by atoms with Crippen LogP contribution in [0.15, 0.2) is 81.6 Å². The van der Waals surface area contributed by atoms with Gasteiger partial charge in [-0.05, 0) is 42.2 Å². The van der Waals surface area contributed by atoms with E-state index in [0.29, 0.717) is 10.9 Å². The molecule has 0 radical (unpaired) electrons. The van der Waals surface area contributed by atoms with E-state index in [1.54, 1.807) is 18.4 Å². The molecule has 8 heteroatoms. The summed E-state index contributed by atoms with van der Waals surface area (Å²) < 4.78 is 7.14. The number of nitrogens with one attached hydrogen (secondary N) is 1. The topological polar surface area (TPSA) is 85.3 Å². The summed E-state index contributed by atoms with van der Waals surface area (Å²) in [4.78, 5) is 12.3. The molecule has 0 saturated carbocycles. The van der Waals surface area contributed by atoms with Crippen molar-refractivity contribution in [1.82, 2.24) is 20.2 Å². The number of aryl methyl sites for hydroxylation is 1. The monoisotopic (exact) mass is 473 g/mol. The summed E-state index contributed by atoms with van der Waals surface area (Å²) in [7, 11) is 0. The van der Waals surface area contributed by atoms with Crippen LogP contribution < -0.4 is 5.43 Å². The van der Waals surface area contributed by atoms with Crippen molar-refractivity contribution in [2.45, 2.75) is 38.3 Å². The lowest BCUT2D eigenvalue weighted by molar-refractivity contribution is -0.118. The number of hydrogen-bond acceptors (Lipinski definition) is 6. The summed E-state index contributed by atoms with van der Waals surface area (Å²) in [5.74, 6) is 1.18. The number of hydrogen-bond donors (Lipinski definition) is 1. The van der Waals surface area contributed by atoms with Crippen LogP contribution in [-0.2, 0) is 10.2 Å². The van der Waals surface area contributed by atoms with Crippen LogP contribution >= 0.6 is 11.8 Å². The number of carbonyl (C=O) groups is 1. The van der Waals surface area contributed by atoms with E-state index in [0.717, 1.165) is 22.6 Å². The third kappa shape index (κ3) is 5.63. The highest BCUT2D eigenvalue weighted by Gasteiger charge is 2.19. The molecule has 0 spiro atoms. The van der Waals surface area contributed by atoms with Crippen molar-refractivity contribution >= 4 is 23.9 Å². The minimum Gasteiger partial charge on any atom is -0.463 e. The van der Waals surface area contributed by atoms with Gasteiger partial charge in [-0.3, -0.25) is 9.36 Å². The van der Waals surface area contributed by atoms with E-state index in [1.165, 1.54) is 23.5 Å². The predicted molar refractivity (Wildman–Crippen MR) is 135 cm³/mol. The number of furan rings is 1. The molecule has 2 aromatic carbocycles. The Morgan fingerprint density at radius 1 is 1.09 bits per heavy atom. The second-order valence-electron chi connectivity index (χ2n) is 8.90. The normalized spacial score (nSPS) is 11.8. The van der Waals surface area contributed by atoms with Gasteiger partial charge in [-0.2, -0.15) is 5.10 Å². The molecule has 0 unspecified atom stereocenters. The van der Waals surface area contributed by atoms with Crippen molar-refractivity contribution in [2.75, 3.05) is 5.75 Å². The number of thioether (sulfide) groups is 1. The third-order valence-electron chi connectivity index (χ3n) is 5.19. The van der Waals surface area contributed by atoms with E-state index >= 15 is 0 Å². The average molecular weight is 474 g/mol. The number of benzene rings is 2. The van der Waals surface area contributed by atoms with Gasteiger partial charge in [0, 0.05) is 11.3 Å². The molecule has 4 rings (SSSR count). The number of nitrogens with zero attached hydrogens (tertiary/aromatic N) is 4. The molecule has 34 heavy (non-hydrogen) atoms. The molecule has 174 valence electrons. The first-order valence-electron chi connectivity index (χ1n) is 10.9. The molecule has 0 bridgehead atoms. The summed E-state index contributed by atoms with van der Waals surface area (Å²) in [6.45, 7) is 8.62. The Bertz CT molecular complexity index is 1270. The van der Waals surface area contributed by atoms with Crippen LogP contribution in [-0.4, -0.2) is 32.6 Å². The molecule has 0 aliphatic heterocycles. The molecule has 0 saturated heterocycles. The summed E-state index contributed by atoms with van der Waals surface area (Å²) in [6.07, 6.45) is 3.00. The van der Waals surface area contributed by atoms with E-state index < -0.39 is 0 Å². The van der Waals surface area contributed by atoms with Crippen LogP contribution in [0.25, 0.3) is 17.1 Å². The Hall–Kier alpha value is -3.65. The lowest BCUT2D eigenvalue weighted by Gasteiger charge is -2.19. The fraction of sp³-hybridized carbons (Fsp3) is 0.231.